The summed E-state index contributed by atoms with van der Waals surface area (Å²) >= 11 is 0. The minimum Gasteiger partial charge on any atom is -0.379 e. The van der Waals surface area contributed by atoms with Crippen LogP contribution in [0.1, 0.15) is 43.7 Å². The molecule has 2 fully saturated rings. The number of hydrogen-bond donors (Lipinski definition) is 1. The van der Waals surface area contributed by atoms with E-state index in [4.69, 9.17) is 4.74 Å². The molecular formula is C26H35N3O4S. The zero-order valence-electron chi connectivity index (χ0n) is 19.9. The number of likely N-dealkylation sites (tertiary alicyclic amines) is 1. The van der Waals surface area contributed by atoms with Gasteiger partial charge in [0, 0.05) is 37.8 Å². The maximum atomic E-state index is 12.7. The molecular weight excluding hydrogens is 450 g/mol. The average Bonchev–Trinajstić information content (AvgIpc) is 2.86. The first-order chi connectivity index (χ1) is 16.4. The first-order valence-electron chi connectivity index (χ1n) is 12.2. The number of rotatable bonds is 8. The van der Waals surface area contributed by atoms with Gasteiger partial charge < -0.3 is 10.1 Å². The van der Waals surface area contributed by atoms with Crippen molar-refractivity contribution in [1.82, 2.24) is 9.21 Å². The number of carbonyl (C=O) groups excluding carboxylic acids is 1. The maximum Gasteiger partial charge on any atom is 0.243 e. The van der Waals surface area contributed by atoms with Crippen LogP contribution in [0.2, 0.25) is 0 Å². The number of amides is 1. The van der Waals surface area contributed by atoms with Gasteiger partial charge in [-0.2, -0.15) is 4.31 Å². The Balaban J connectivity index is 1.25. The predicted molar refractivity (Wildman–Crippen MR) is 133 cm³/mol. The van der Waals surface area contributed by atoms with Gasteiger partial charge in [0.1, 0.15) is 0 Å². The summed E-state index contributed by atoms with van der Waals surface area (Å²) in [4.78, 5) is 15.2. The molecule has 7 nitrogen and oxygen atoms in total. The molecule has 0 aromatic heterocycles. The number of nitrogens with zero attached hydrogens (tertiary/aromatic N) is 2. The van der Waals surface area contributed by atoms with Crippen molar-refractivity contribution in [2.45, 2.75) is 56.5 Å². The third-order valence-electron chi connectivity index (χ3n) is 6.74. The van der Waals surface area contributed by atoms with Crippen LogP contribution in [0.25, 0.3) is 0 Å². The van der Waals surface area contributed by atoms with Crippen molar-refractivity contribution in [3.05, 3.63) is 59.7 Å². The van der Waals surface area contributed by atoms with Crippen LogP contribution < -0.4 is 5.32 Å². The Labute approximate surface area is 203 Å². The molecule has 34 heavy (non-hydrogen) atoms. The number of piperidine rings is 1. The Morgan fingerprint density at radius 2 is 1.65 bits per heavy atom. The van der Waals surface area contributed by atoms with Crippen LogP contribution in [-0.2, 0) is 32.5 Å². The zero-order chi connectivity index (χ0) is 24.0. The van der Waals surface area contributed by atoms with E-state index in [1.807, 2.05) is 12.1 Å². The quantitative estimate of drug-likeness (QED) is 0.618. The fourth-order valence-electron chi connectivity index (χ4n) is 4.57. The predicted octanol–water partition coefficient (Wildman–Crippen LogP) is 3.65. The molecule has 2 heterocycles. The van der Waals surface area contributed by atoms with Crippen LogP contribution in [-0.4, -0.2) is 62.4 Å². The molecule has 0 aliphatic carbocycles. The Bertz CT molecular complexity index is 1050. The van der Waals surface area contributed by atoms with Crippen LogP contribution in [0.15, 0.2) is 53.4 Å². The highest BCUT2D eigenvalue weighted by Gasteiger charge is 2.26. The highest BCUT2D eigenvalue weighted by atomic mass is 32.2. The van der Waals surface area contributed by atoms with Gasteiger partial charge >= 0.3 is 0 Å². The molecule has 0 saturated carbocycles. The standard InChI is InChI=1S/C26H35N3O4S/c1-21-4-2-3-15-28(21)20-23-5-10-24(11-6-23)27-26(30)14-9-22-7-12-25(13-8-22)34(31,32)29-16-18-33-19-17-29/h5-8,10-13,21H,2-4,9,14-20H2,1H3,(H,27,30). The summed E-state index contributed by atoms with van der Waals surface area (Å²) < 4.78 is 32.1. The molecule has 2 aliphatic rings. The van der Waals surface area contributed by atoms with Crippen molar-refractivity contribution < 1.29 is 17.9 Å². The van der Waals surface area contributed by atoms with Crippen LogP contribution in [0.5, 0.6) is 0 Å². The van der Waals surface area contributed by atoms with Crippen molar-refractivity contribution in [1.29, 1.82) is 0 Å². The fraction of sp³-hybridized carbons (Fsp3) is 0.500. The fourth-order valence-corrected chi connectivity index (χ4v) is 5.97. The van der Waals surface area contributed by atoms with E-state index in [0.29, 0.717) is 45.2 Å². The van der Waals surface area contributed by atoms with Gasteiger partial charge in [-0.05, 0) is 68.1 Å². The van der Waals surface area contributed by atoms with Crippen molar-refractivity contribution in [2.24, 2.45) is 0 Å². The van der Waals surface area contributed by atoms with Crippen molar-refractivity contribution in [3.8, 4) is 0 Å². The van der Waals surface area contributed by atoms with Gasteiger partial charge in [0.25, 0.3) is 0 Å². The number of carbonyl (C=O) groups is 1. The molecule has 1 atom stereocenters. The third kappa shape index (κ3) is 6.44. The minimum atomic E-state index is -3.50. The van der Waals surface area contributed by atoms with E-state index in [-0.39, 0.29) is 10.8 Å². The number of hydrogen-bond acceptors (Lipinski definition) is 5. The molecule has 1 amide bonds. The second-order valence-corrected chi connectivity index (χ2v) is 11.2. The molecule has 0 bridgehead atoms. The van der Waals surface area contributed by atoms with Gasteiger partial charge in [-0.25, -0.2) is 8.42 Å². The molecule has 184 valence electrons. The molecule has 2 aliphatic heterocycles. The summed E-state index contributed by atoms with van der Waals surface area (Å²) in [6.45, 7) is 6.00. The van der Waals surface area contributed by atoms with Crippen molar-refractivity contribution in [3.63, 3.8) is 0 Å². The lowest BCUT2D eigenvalue weighted by atomic mass is 10.0. The second kappa shape index (κ2) is 11.4. The number of ether oxygens (including phenoxy) is 1. The molecule has 0 spiro atoms. The van der Waals surface area contributed by atoms with Crippen LogP contribution in [0, 0.1) is 0 Å². The lowest BCUT2D eigenvalue weighted by Crippen LogP contribution is -2.40. The maximum absolute atomic E-state index is 12.7. The van der Waals surface area contributed by atoms with Gasteiger partial charge in [0.2, 0.25) is 15.9 Å². The zero-order valence-corrected chi connectivity index (χ0v) is 20.7. The molecule has 0 radical (unpaired) electrons. The largest absolute Gasteiger partial charge is 0.379 e. The van der Waals surface area contributed by atoms with E-state index < -0.39 is 10.0 Å². The number of anilines is 1. The second-order valence-electron chi connectivity index (χ2n) is 9.22. The average molecular weight is 486 g/mol. The Kier molecular flexibility index (Phi) is 8.37. The lowest BCUT2D eigenvalue weighted by molar-refractivity contribution is -0.116. The van der Waals surface area contributed by atoms with E-state index >= 15 is 0 Å². The molecule has 4 rings (SSSR count). The summed E-state index contributed by atoms with van der Waals surface area (Å²) in [6, 6.07) is 15.6. The smallest absolute Gasteiger partial charge is 0.243 e. The molecule has 2 aromatic carbocycles. The summed E-state index contributed by atoms with van der Waals surface area (Å²) in [5.74, 6) is -0.0533. The third-order valence-corrected chi connectivity index (χ3v) is 8.65. The van der Waals surface area contributed by atoms with Crippen molar-refractivity contribution in [2.75, 3.05) is 38.2 Å². The molecule has 2 aromatic rings. The van der Waals surface area contributed by atoms with Gasteiger partial charge in [-0.1, -0.05) is 30.7 Å². The van der Waals surface area contributed by atoms with Crippen LogP contribution >= 0.6 is 0 Å². The minimum absolute atomic E-state index is 0.0533. The number of morpholine rings is 1. The molecule has 1 unspecified atom stereocenters. The van der Waals surface area contributed by atoms with E-state index in [1.54, 1.807) is 24.3 Å². The number of sulfonamides is 1. The summed E-state index contributed by atoms with van der Waals surface area (Å²) in [7, 11) is -3.50. The van der Waals surface area contributed by atoms with E-state index in [2.05, 4.69) is 29.3 Å². The van der Waals surface area contributed by atoms with E-state index in [9.17, 15) is 13.2 Å². The highest BCUT2D eigenvalue weighted by Crippen LogP contribution is 2.21. The lowest BCUT2D eigenvalue weighted by Gasteiger charge is -2.33. The number of aryl methyl sites for hydroxylation is 1. The topological polar surface area (TPSA) is 79.0 Å². The van der Waals surface area contributed by atoms with E-state index in [1.165, 1.54) is 29.1 Å². The monoisotopic (exact) mass is 485 g/mol. The Morgan fingerprint density at radius 1 is 0.971 bits per heavy atom. The normalized spacial score (nSPS) is 20.2. The summed E-state index contributed by atoms with van der Waals surface area (Å²) in [6.07, 6.45) is 4.74. The summed E-state index contributed by atoms with van der Waals surface area (Å²) in [5, 5.41) is 2.96. The van der Waals surface area contributed by atoms with Gasteiger partial charge in [-0.3, -0.25) is 9.69 Å². The van der Waals surface area contributed by atoms with Crippen molar-refractivity contribution >= 4 is 21.6 Å². The Hall–Kier alpha value is -2.26. The van der Waals surface area contributed by atoms with Gasteiger partial charge in [-0.15, -0.1) is 0 Å². The molecule has 8 heteroatoms. The van der Waals surface area contributed by atoms with Gasteiger partial charge in [0.15, 0.2) is 0 Å². The molecule has 2 saturated heterocycles. The summed E-state index contributed by atoms with van der Waals surface area (Å²) in [5.41, 5.74) is 2.99. The van der Waals surface area contributed by atoms with E-state index in [0.717, 1.165) is 24.3 Å². The van der Waals surface area contributed by atoms with Gasteiger partial charge in [0.05, 0.1) is 18.1 Å². The molecule has 1 N–H and O–H groups in total. The van der Waals surface area contributed by atoms with Crippen LogP contribution in [0.3, 0.4) is 0 Å². The van der Waals surface area contributed by atoms with Crippen LogP contribution in [0.4, 0.5) is 5.69 Å². The highest BCUT2D eigenvalue weighted by molar-refractivity contribution is 7.89. The SMILES string of the molecule is CC1CCCCN1Cc1ccc(NC(=O)CCc2ccc(S(=O)(=O)N3CCOCC3)cc2)cc1. The number of benzene rings is 2. The number of nitrogens with one attached hydrogen (secondary N) is 1. The first-order valence-corrected chi connectivity index (χ1v) is 13.7. The Morgan fingerprint density at radius 3 is 2.32 bits per heavy atom. The first kappa shape index (κ1) is 24.9.